The molecule has 1 aliphatic rings. The minimum atomic E-state index is -0.489. The van der Waals surface area contributed by atoms with E-state index in [9.17, 15) is 4.79 Å². The van der Waals surface area contributed by atoms with Gasteiger partial charge in [0.1, 0.15) is 5.01 Å². The summed E-state index contributed by atoms with van der Waals surface area (Å²) in [5.74, 6) is 0. The molecule has 1 aromatic heterocycles. The molecule has 138 valence electrons. The summed E-state index contributed by atoms with van der Waals surface area (Å²) >= 11 is 7.45. The summed E-state index contributed by atoms with van der Waals surface area (Å²) in [6.07, 6.45) is 5.08. The summed E-state index contributed by atoms with van der Waals surface area (Å²) in [6.45, 7) is 3.74. The Balaban J connectivity index is 1.65. The summed E-state index contributed by atoms with van der Waals surface area (Å²) < 4.78 is 0. The molecule has 26 heavy (non-hydrogen) atoms. The zero-order valence-corrected chi connectivity index (χ0v) is 16.5. The van der Waals surface area contributed by atoms with Gasteiger partial charge in [0.05, 0.1) is 16.3 Å². The van der Waals surface area contributed by atoms with E-state index in [0.29, 0.717) is 10.7 Å². The van der Waals surface area contributed by atoms with Crippen molar-refractivity contribution in [2.24, 2.45) is 5.16 Å². The van der Waals surface area contributed by atoms with Crippen LogP contribution in [-0.2, 0) is 4.84 Å². The Labute approximate surface area is 162 Å². The Kier molecular flexibility index (Phi) is 6.27. The van der Waals surface area contributed by atoms with Gasteiger partial charge in [0.2, 0.25) is 0 Å². The number of hydrogen-bond acceptors (Lipinski definition) is 5. The third-order valence-electron chi connectivity index (χ3n) is 4.41. The van der Waals surface area contributed by atoms with E-state index in [0.717, 1.165) is 46.8 Å². The van der Waals surface area contributed by atoms with Crippen LogP contribution in [0.4, 0.5) is 4.79 Å². The number of carbonyl (C=O) groups is 1. The van der Waals surface area contributed by atoms with Crippen molar-refractivity contribution in [3.63, 3.8) is 0 Å². The Morgan fingerprint density at radius 2 is 1.96 bits per heavy atom. The highest BCUT2D eigenvalue weighted by Crippen LogP contribution is 2.29. The van der Waals surface area contributed by atoms with E-state index >= 15 is 0 Å². The van der Waals surface area contributed by atoms with E-state index in [2.05, 4.69) is 15.5 Å². The first-order valence-electron chi connectivity index (χ1n) is 8.79. The van der Waals surface area contributed by atoms with Crippen LogP contribution in [0.3, 0.4) is 0 Å². The summed E-state index contributed by atoms with van der Waals surface area (Å²) in [6, 6.07) is 7.75. The number of benzene rings is 1. The summed E-state index contributed by atoms with van der Waals surface area (Å²) in [7, 11) is 0. The number of carbonyl (C=O) groups excluding carboxylic acids is 1. The van der Waals surface area contributed by atoms with Crippen molar-refractivity contribution in [1.82, 2.24) is 10.3 Å². The fraction of sp³-hybridized carbons (Fsp3) is 0.421. The van der Waals surface area contributed by atoms with Crippen LogP contribution in [0, 0.1) is 6.92 Å². The van der Waals surface area contributed by atoms with E-state index in [1.165, 1.54) is 17.8 Å². The molecule has 0 aliphatic heterocycles. The molecule has 1 saturated carbocycles. The quantitative estimate of drug-likeness (QED) is 0.422. The van der Waals surface area contributed by atoms with Crippen LogP contribution in [0.2, 0.25) is 5.02 Å². The van der Waals surface area contributed by atoms with E-state index in [1.807, 2.05) is 38.1 Å². The average molecular weight is 392 g/mol. The van der Waals surface area contributed by atoms with E-state index in [4.69, 9.17) is 16.4 Å². The number of hydrogen-bond donors (Lipinski definition) is 1. The summed E-state index contributed by atoms with van der Waals surface area (Å²) in [5, 5.41) is 8.46. The lowest BCUT2D eigenvalue weighted by atomic mass is 9.96. The molecule has 0 bridgehead atoms. The van der Waals surface area contributed by atoms with Crippen molar-refractivity contribution in [1.29, 1.82) is 0 Å². The van der Waals surface area contributed by atoms with Crippen LogP contribution >= 0.6 is 22.9 Å². The number of thiazole rings is 1. The van der Waals surface area contributed by atoms with E-state index in [1.54, 1.807) is 0 Å². The molecule has 1 amide bonds. The Bertz CT molecular complexity index is 796. The first-order chi connectivity index (χ1) is 12.5. The Hall–Kier alpha value is -1.92. The van der Waals surface area contributed by atoms with Gasteiger partial charge < -0.3 is 5.32 Å². The van der Waals surface area contributed by atoms with E-state index < -0.39 is 6.09 Å². The molecule has 0 unspecified atom stereocenters. The number of amides is 1. The first-order valence-corrected chi connectivity index (χ1v) is 9.98. The van der Waals surface area contributed by atoms with Gasteiger partial charge in [0.25, 0.3) is 0 Å². The zero-order chi connectivity index (χ0) is 18.5. The van der Waals surface area contributed by atoms with Crippen molar-refractivity contribution >= 4 is 34.7 Å². The second kappa shape index (κ2) is 8.64. The molecule has 2 aromatic rings. The number of nitrogens with zero attached hydrogens (tertiary/aromatic N) is 2. The number of rotatable bonds is 4. The molecule has 1 heterocycles. The molecule has 0 saturated heterocycles. The molecule has 0 spiro atoms. The molecular formula is C19H22ClN3O2S. The Morgan fingerprint density at radius 1 is 1.27 bits per heavy atom. The van der Waals surface area contributed by atoms with Gasteiger partial charge >= 0.3 is 6.09 Å². The first kappa shape index (κ1) is 18.9. The van der Waals surface area contributed by atoms with Crippen molar-refractivity contribution in [3.8, 4) is 10.6 Å². The van der Waals surface area contributed by atoms with Crippen molar-refractivity contribution in [2.75, 3.05) is 0 Å². The third-order valence-corrected chi connectivity index (χ3v) is 5.98. The molecule has 0 radical (unpaired) electrons. The number of oxime groups is 1. The lowest BCUT2D eigenvalue weighted by Crippen LogP contribution is -2.35. The maximum atomic E-state index is 11.9. The fourth-order valence-corrected chi connectivity index (χ4v) is 4.17. The molecule has 7 heteroatoms. The molecule has 3 rings (SSSR count). The SMILES string of the molecule is C/C(=N\OC(=O)NC1CCCCC1)c1sc(-c2ccc(Cl)cc2)nc1C. The van der Waals surface area contributed by atoms with Gasteiger partial charge in [-0.15, -0.1) is 11.3 Å². The maximum absolute atomic E-state index is 11.9. The van der Waals surface area contributed by atoms with Gasteiger partial charge in [-0.3, -0.25) is 4.84 Å². The zero-order valence-electron chi connectivity index (χ0n) is 14.9. The molecule has 1 aliphatic carbocycles. The lowest BCUT2D eigenvalue weighted by molar-refractivity contribution is 0.143. The highest BCUT2D eigenvalue weighted by Gasteiger charge is 2.17. The number of nitrogens with one attached hydrogen (secondary N) is 1. The maximum Gasteiger partial charge on any atom is 0.433 e. The van der Waals surface area contributed by atoms with Crippen molar-refractivity contribution in [3.05, 3.63) is 39.9 Å². The van der Waals surface area contributed by atoms with Gasteiger partial charge in [-0.2, -0.15) is 0 Å². The predicted molar refractivity (Wildman–Crippen MR) is 106 cm³/mol. The standard InChI is InChI=1S/C19H22ClN3O2S/c1-12-17(26-18(21-12)14-8-10-15(20)11-9-14)13(2)23-25-19(24)22-16-6-4-3-5-7-16/h8-11,16H,3-7H2,1-2H3,(H,22,24)/b23-13+. The van der Waals surface area contributed by atoms with Gasteiger partial charge in [-0.25, -0.2) is 9.78 Å². The lowest BCUT2D eigenvalue weighted by Gasteiger charge is -2.21. The average Bonchev–Trinajstić information content (AvgIpc) is 3.03. The van der Waals surface area contributed by atoms with Gasteiger partial charge in [0, 0.05) is 16.6 Å². The van der Waals surface area contributed by atoms with Gasteiger partial charge in [0.15, 0.2) is 0 Å². The van der Waals surface area contributed by atoms with Crippen LogP contribution < -0.4 is 5.32 Å². The van der Waals surface area contributed by atoms with Crippen molar-refractivity contribution < 1.29 is 9.63 Å². The molecule has 1 aromatic carbocycles. The van der Waals surface area contributed by atoms with Crippen molar-refractivity contribution in [2.45, 2.75) is 52.0 Å². The monoisotopic (exact) mass is 391 g/mol. The predicted octanol–water partition coefficient (Wildman–Crippen LogP) is 5.55. The second-order valence-electron chi connectivity index (χ2n) is 6.48. The second-order valence-corrected chi connectivity index (χ2v) is 7.91. The molecule has 1 fully saturated rings. The minimum absolute atomic E-state index is 0.202. The van der Waals surface area contributed by atoms with Crippen LogP contribution in [0.25, 0.3) is 10.6 Å². The minimum Gasteiger partial charge on any atom is -0.317 e. The topological polar surface area (TPSA) is 63.6 Å². The summed E-state index contributed by atoms with van der Waals surface area (Å²) in [5.41, 5.74) is 2.49. The molecular weight excluding hydrogens is 370 g/mol. The van der Waals surface area contributed by atoms with Crippen LogP contribution in [0.5, 0.6) is 0 Å². The molecule has 5 nitrogen and oxygen atoms in total. The number of aryl methyl sites for hydroxylation is 1. The third kappa shape index (κ3) is 4.83. The fourth-order valence-electron chi connectivity index (χ4n) is 3.04. The number of aromatic nitrogens is 1. The molecule has 1 N–H and O–H groups in total. The van der Waals surface area contributed by atoms with Gasteiger partial charge in [-0.1, -0.05) is 48.2 Å². The smallest absolute Gasteiger partial charge is 0.317 e. The Morgan fingerprint density at radius 3 is 2.65 bits per heavy atom. The largest absolute Gasteiger partial charge is 0.433 e. The highest BCUT2D eigenvalue weighted by molar-refractivity contribution is 7.17. The highest BCUT2D eigenvalue weighted by atomic mass is 35.5. The van der Waals surface area contributed by atoms with E-state index in [-0.39, 0.29) is 6.04 Å². The summed E-state index contributed by atoms with van der Waals surface area (Å²) in [4.78, 5) is 22.5. The number of halogens is 1. The van der Waals surface area contributed by atoms with Crippen LogP contribution in [-0.4, -0.2) is 22.8 Å². The van der Waals surface area contributed by atoms with Gasteiger partial charge in [-0.05, 0) is 38.8 Å². The molecule has 0 atom stereocenters. The normalized spacial score (nSPS) is 15.7. The van der Waals surface area contributed by atoms with Crippen LogP contribution in [0.1, 0.15) is 49.6 Å². The van der Waals surface area contributed by atoms with Crippen LogP contribution in [0.15, 0.2) is 29.4 Å².